The smallest absolute Gasteiger partial charge is 0.326 e. The van der Waals surface area contributed by atoms with E-state index in [1.165, 1.54) is 16.7 Å². The third kappa shape index (κ3) is 6.08. The Hall–Kier alpha value is -2.98. The Balaban J connectivity index is 0.00000385. The van der Waals surface area contributed by atoms with E-state index in [9.17, 15) is 24.3 Å². The van der Waals surface area contributed by atoms with Crippen LogP contribution in [0.1, 0.15) is 31.7 Å². The molecule has 2 heterocycles. The fourth-order valence-electron chi connectivity index (χ4n) is 4.66. The zero-order valence-electron chi connectivity index (χ0n) is 19.3. The number of likely N-dealkylation sites (tertiary alicyclic amines) is 2. The van der Waals surface area contributed by atoms with Crippen LogP contribution in [0.25, 0.3) is 0 Å². The molecular formula is C23H33N3O7. The number of nitrogens with zero attached hydrogens (tertiary/aromatic N) is 3. The molecule has 0 saturated carbocycles. The molecule has 10 heteroatoms. The first-order chi connectivity index (χ1) is 15.2. The van der Waals surface area contributed by atoms with Crippen LogP contribution >= 0.6 is 0 Å². The number of ether oxygens (including phenoxy) is 1. The zero-order chi connectivity index (χ0) is 23.4. The van der Waals surface area contributed by atoms with Crippen molar-refractivity contribution in [2.24, 2.45) is 0 Å². The molecule has 0 aromatic heterocycles. The van der Waals surface area contributed by atoms with Crippen LogP contribution in [0.5, 0.6) is 0 Å². The number of amides is 2. The van der Waals surface area contributed by atoms with Crippen LogP contribution in [-0.4, -0.2) is 100 Å². The number of benzene rings is 1. The predicted molar refractivity (Wildman–Crippen MR) is 119 cm³/mol. The predicted octanol–water partition coefficient (Wildman–Crippen LogP) is -0.0572. The standard InChI is InChI=1S/C23H31N3O6.H2O/c1-15(27)32-17-13-19(24(2)14-17)21(28)25(3)20(12-16-8-5-4-6-9-16)22(29)26-11-7-10-18(26)23(30)31;/h4-6,8-9,17-20H,7,10-14H2,1-3H3,(H,30,31);1H2/t17-,18+,19+,20+;/m1./s1. The second kappa shape index (κ2) is 11.2. The van der Waals surface area contributed by atoms with Crippen LogP contribution in [0.4, 0.5) is 0 Å². The van der Waals surface area contributed by atoms with Gasteiger partial charge in [0.1, 0.15) is 18.2 Å². The Morgan fingerprint density at radius 2 is 1.85 bits per heavy atom. The largest absolute Gasteiger partial charge is 0.480 e. The van der Waals surface area contributed by atoms with Gasteiger partial charge in [-0.2, -0.15) is 0 Å². The molecule has 0 spiro atoms. The average molecular weight is 464 g/mol. The zero-order valence-corrected chi connectivity index (χ0v) is 19.3. The number of likely N-dealkylation sites (N-methyl/N-ethyl adjacent to an activating group) is 2. The highest BCUT2D eigenvalue weighted by molar-refractivity contribution is 5.92. The maximum Gasteiger partial charge on any atom is 0.326 e. The van der Waals surface area contributed by atoms with Crippen molar-refractivity contribution < 1.29 is 34.5 Å². The molecule has 0 bridgehead atoms. The topological polar surface area (TPSA) is 139 Å². The molecule has 0 radical (unpaired) electrons. The number of carbonyl (C=O) groups excluding carboxylic acids is 3. The summed E-state index contributed by atoms with van der Waals surface area (Å²) in [4.78, 5) is 54.5. The second-order valence-corrected chi connectivity index (χ2v) is 8.61. The fraction of sp³-hybridized carbons (Fsp3) is 0.565. The summed E-state index contributed by atoms with van der Waals surface area (Å²) >= 11 is 0. The molecule has 1 aromatic rings. The van der Waals surface area contributed by atoms with Gasteiger partial charge in [0.2, 0.25) is 11.8 Å². The van der Waals surface area contributed by atoms with Gasteiger partial charge in [0.25, 0.3) is 0 Å². The molecule has 4 atom stereocenters. The fourth-order valence-corrected chi connectivity index (χ4v) is 4.66. The van der Waals surface area contributed by atoms with Crippen molar-refractivity contribution in [3.05, 3.63) is 35.9 Å². The van der Waals surface area contributed by atoms with Crippen LogP contribution < -0.4 is 0 Å². The van der Waals surface area contributed by atoms with Gasteiger partial charge in [-0.15, -0.1) is 0 Å². The van der Waals surface area contributed by atoms with Crippen LogP contribution in [0.15, 0.2) is 30.3 Å². The van der Waals surface area contributed by atoms with Crippen molar-refractivity contribution in [1.82, 2.24) is 14.7 Å². The van der Waals surface area contributed by atoms with E-state index in [0.29, 0.717) is 32.4 Å². The summed E-state index contributed by atoms with van der Waals surface area (Å²) in [5.41, 5.74) is 0.883. The summed E-state index contributed by atoms with van der Waals surface area (Å²) in [7, 11) is 3.38. The molecule has 2 aliphatic heterocycles. The van der Waals surface area contributed by atoms with Crippen molar-refractivity contribution in [3.63, 3.8) is 0 Å². The van der Waals surface area contributed by atoms with Crippen molar-refractivity contribution in [2.75, 3.05) is 27.2 Å². The number of hydrogen-bond donors (Lipinski definition) is 1. The Bertz CT molecular complexity index is 863. The van der Waals surface area contributed by atoms with Gasteiger partial charge in [0, 0.05) is 39.9 Å². The van der Waals surface area contributed by atoms with Crippen molar-refractivity contribution in [3.8, 4) is 0 Å². The van der Waals surface area contributed by atoms with Gasteiger partial charge < -0.3 is 25.1 Å². The summed E-state index contributed by atoms with van der Waals surface area (Å²) in [6.45, 7) is 2.14. The molecule has 2 amide bonds. The minimum absolute atomic E-state index is 0. The number of carboxylic acid groups (broad SMARTS) is 1. The van der Waals surface area contributed by atoms with Gasteiger partial charge in [-0.05, 0) is 25.5 Å². The first-order valence-corrected chi connectivity index (χ1v) is 10.9. The lowest BCUT2D eigenvalue weighted by molar-refractivity contribution is -0.153. The SMILES string of the molecule is CC(=O)O[C@@H]1C[C@@H](C(=O)N(C)[C@@H](Cc2ccccc2)C(=O)N2CCC[C@H]2C(=O)O)N(C)C1.O. The molecular weight excluding hydrogens is 430 g/mol. The molecule has 3 rings (SSSR count). The molecule has 10 nitrogen and oxygen atoms in total. The van der Waals surface area contributed by atoms with E-state index in [4.69, 9.17) is 4.74 Å². The van der Waals surface area contributed by atoms with Gasteiger partial charge in [0.15, 0.2) is 0 Å². The molecule has 0 aliphatic carbocycles. The van der Waals surface area contributed by atoms with Crippen LogP contribution in [0.2, 0.25) is 0 Å². The highest BCUT2D eigenvalue weighted by Gasteiger charge is 2.43. The third-order valence-electron chi connectivity index (χ3n) is 6.32. The Morgan fingerprint density at radius 1 is 1.18 bits per heavy atom. The number of carboxylic acids is 1. The summed E-state index contributed by atoms with van der Waals surface area (Å²) in [6, 6.07) is 7.15. The minimum atomic E-state index is -1.02. The van der Waals surface area contributed by atoms with Crippen LogP contribution in [0.3, 0.4) is 0 Å². The molecule has 2 aliphatic rings. The highest BCUT2D eigenvalue weighted by atomic mass is 16.5. The van der Waals surface area contributed by atoms with E-state index in [1.54, 1.807) is 14.1 Å². The minimum Gasteiger partial charge on any atom is -0.480 e. The van der Waals surface area contributed by atoms with Crippen molar-refractivity contribution >= 4 is 23.8 Å². The monoisotopic (exact) mass is 463 g/mol. The summed E-state index contributed by atoms with van der Waals surface area (Å²) < 4.78 is 5.28. The highest BCUT2D eigenvalue weighted by Crippen LogP contribution is 2.25. The van der Waals surface area contributed by atoms with Crippen molar-refractivity contribution in [2.45, 2.75) is 56.8 Å². The van der Waals surface area contributed by atoms with Crippen LogP contribution in [0, 0.1) is 0 Å². The van der Waals surface area contributed by atoms with Gasteiger partial charge >= 0.3 is 11.9 Å². The second-order valence-electron chi connectivity index (χ2n) is 8.61. The average Bonchev–Trinajstić information content (AvgIpc) is 3.37. The summed E-state index contributed by atoms with van der Waals surface area (Å²) in [5, 5.41) is 9.54. The van der Waals surface area contributed by atoms with Gasteiger partial charge in [0.05, 0.1) is 6.04 Å². The molecule has 3 N–H and O–H groups in total. The van der Waals surface area contributed by atoms with Gasteiger partial charge in [-0.25, -0.2) is 4.79 Å². The maximum absolute atomic E-state index is 13.5. The molecule has 33 heavy (non-hydrogen) atoms. The maximum atomic E-state index is 13.5. The molecule has 182 valence electrons. The number of hydrogen-bond acceptors (Lipinski definition) is 6. The Morgan fingerprint density at radius 3 is 2.45 bits per heavy atom. The molecule has 0 unspecified atom stereocenters. The van der Waals surface area contributed by atoms with Crippen LogP contribution in [-0.2, 0) is 30.3 Å². The third-order valence-corrected chi connectivity index (χ3v) is 6.32. The van der Waals surface area contributed by atoms with E-state index >= 15 is 0 Å². The molecule has 2 saturated heterocycles. The quantitative estimate of drug-likeness (QED) is 0.559. The Kier molecular flexibility index (Phi) is 8.95. The lowest BCUT2D eigenvalue weighted by atomic mass is 10.0. The number of rotatable bonds is 7. The lowest BCUT2D eigenvalue weighted by Gasteiger charge is -2.34. The number of aliphatic carboxylic acids is 1. The lowest BCUT2D eigenvalue weighted by Crippen LogP contribution is -2.55. The van der Waals surface area contributed by atoms with Crippen molar-refractivity contribution in [1.29, 1.82) is 0 Å². The van der Waals surface area contributed by atoms with E-state index < -0.39 is 30.1 Å². The van der Waals surface area contributed by atoms with Gasteiger partial charge in [-0.3, -0.25) is 19.3 Å². The summed E-state index contributed by atoms with van der Waals surface area (Å²) in [6.07, 6.45) is 1.29. The first kappa shape index (κ1) is 26.3. The number of esters is 1. The van der Waals surface area contributed by atoms with E-state index in [2.05, 4.69) is 0 Å². The summed E-state index contributed by atoms with van der Waals surface area (Å²) in [5.74, 6) is -2.02. The first-order valence-electron chi connectivity index (χ1n) is 10.9. The molecule has 1 aromatic carbocycles. The van der Waals surface area contributed by atoms with E-state index in [0.717, 1.165) is 5.56 Å². The van der Waals surface area contributed by atoms with Gasteiger partial charge in [-0.1, -0.05) is 30.3 Å². The Labute approximate surface area is 193 Å². The number of carbonyl (C=O) groups is 4. The van der Waals surface area contributed by atoms with E-state index in [1.807, 2.05) is 35.2 Å². The molecule has 2 fully saturated rings. The normalized spacial score (nSPS) is 23.5. The van der Waals surface area contributed by atoms with E-state index in [-0.39, 0.29) is 29.8 Å².